The first-order valence-corrected chi connectivity index (χ1v) is 10.8. The van der Waals surface area contributed by atoms with Crippen LogP contribution in [-0.4, -0.2) is 32.3 Å². The molecule has 0 aromatic heterocycles. The molecule has 3 rings (SSSR count). The maximum absolute atomic E-state index is 12.8. The number of piperidine rings is 1. The van der Waals surface area contributed by atoms with Crippen LogP contribution in [0.3, 0.4) is 0 Å². The van der Waals surface area contributed by atoms with Gasteiger partial charge in [0.2, 0.25) is 0 Å². The fraction of sp³-hybridized carbons (Fsp3) is 0.316. The molecule has 26 heavy (non-hydrogen) atoms. The third-order valence-electron chi connectivity index (χ3n) is 4.51. The summed E-state index contributed by atoms with van der Waals surface area (Å²) in [5.41, 5.74) is 1.68. The van der Waals surface area contributed by atoms with Crippen molar-refractivity contribution in [3.63, 3.8) is 0 Å². The molecule has 0 radical (unpaired) electrons. The van der Waals surface area contributed by atoms with E-state index in [1.807, 2.05) is 17.9 Å². The van der Waals surface area contributed by atoms with Crippen molar-refractivity contribution in [2.24, 2.45) is 0 Å². The van der Waals surface area contributed by atoms with Crippen LogP contribution in [0.5, 0.6) is 0 Å². The number of benzene rings is 2. The lowest BCUT2D eigenvalue weighted by Crippen LogP contribution is -2.36. The van der Waals surface area contributed by atoms with E-state index in [1.165, 1.54) is 12.1 Å². The number of carbonyl (C=O) groups excluding carboxylic acids is 1. The van der Waals surface area contributed by atoms with E-state index in [0.29, 0.717) is 15.7 Å². The maximum atomic E-state index is 12.8. The van der Waals surface area contributed by atoms with Gasteiger partial charge in [0.1, 0.15) is 0 Å². The molecule has 1 saturated heterocycles. The van der Waals surface area contributed by atoms with Gasteiger partial charge in [0.25, 0.3) is 15.9 Å². The number of para-hydroxylation sites is 1. The minimum Gasteiger partial charge on any atom is -0.339 e. The van der Waals surface area contributed by atoms with E-state index in [9.17, 15) is 13.2 Å². The Morgan fingerprint density at radius 2 is 1.77 bits per heavy atom. The predicted octanol–water partition coefficient (Wildman–Crippen LogP) is 4.18. The standard InChI is InChI=1S/C19H21BrN2O3S/c1-14-9-10-15(13-16(14)19(23)22-11-5-2-6-12-22)26(24,25)21-18-8-4-3-7-17(18)20/h3-4,7-10,13,21H,2,5-6,11-12H2,1H3. The SMILES string of the molecule is Cc1ccc(S(=O)(=O)Nc2ccccc2Br)cc1C(=O)N1CCCCC1. The number of aryl methyl sites for hydroxylation is 1. The molecule has 0 bridgehead atoms. The molecule has 1 heterocycles. The minimum absolute atomic E-state index is 0.0826. The zero-order valence-electron chi connectivity index (χ0n) is 14.5. The lowest BCUT2D eigenvalue weighted by Gasteiger charge is -2.27. The third kappa shape index (κ3) is 4.10. The first kappa shape index (κ1) is 18.9. The molecule has 138 valence electrons. The predicted molar refractivity (Wildman–Crippen MR) is 106 cm³/mol. The molecule has 0 atom stereocenters. The van der Waals surface area contributed by atoms with Gasteiger partial charge >= 0.3 is 0 Å². The smallest absolute Gasteiger partial charge is 0.261 e. The van der Waals surface area contributed by atoms with Gasteiger partial charge in [-0.25, -0.2) is 8.42 Å². The van der Waals surface area contributed by atoms with Gasteiger partial charge in [-0.05, 0) is 71.9 Å². The molecular formula is C19H21BrN2O3S. The van der Waals surface area contributed by atoms with Crippen molar-refractivity contribution in [2.75, 3.05) is 17.8 Å². The van der Waals surface area contributed by atoms with Gasteiger partial charge in [0.05, 0.1) is 10.6 Å². The number of sulfonamides is 1. The fourth-order valence-electron chi connectivity index (χ4n) is 3.01. The van der Waals surface area contributed by atoms with Crippen LogP contribution in [0.4, 0.5) is 5.69 Å². The first-order valence-electron chi connectivity index (χ1n) is 8.56. The van der Waals surface area contributed by atoms with Crippen LogP contribution in [-0.2, 0) is 10.0 Å². The molecule has 7 heteroatoms. The highest BCUT2D eigenvalue weighted by Gasteiger charge is 2.23. The van der Waals surface area contributed by atoms with Crippen molar-refractivity contribution < 1.29 is 13.2 Å². The maximum Gasteiger partial charge on any atom is 0.261 e. The molecule has 5 nitrogen and oxygen atoms in total. The number of carbonyl (C=O) groups is 1. The molecule has 2 aromatic rings. The normalized spacial score (nSPS) is 14.9. The molecular weight excluding hydrogens is 416 g/mol. The molecule has 1 amide bonds. The highest BCUT2D eigenvalue weighted by Crippen LogP contribution is 2.26. The number of hydrogen-bond acceptors (Lipinski definition) is 3. The average molecular weight is 437 g/mol. The van der Waals surface area contributed by atoms with Crippen LogP contribution in [0.1, 0.15) is 35.2 Å². The van der Waals surface area contributed by atoms with E-state index in [4.69, 9.17) is 0 Å². The first-order chi connectivity index (χ1) is 12.4. The van der Waals surface area contributed by atoms with Gasteiger partial charge in [0.15, 0.2) is 0 Å². The molecule has 0 aliphatic carbocycles. The van der Waals surface area contributed by atoms with Crippen molar-refractivity contribution in [2.45, 2.75) is 31.1 Å². The van der Waals surface area contributed by atoms with Crippen molar-refractivity contribution in [1.82, 2.24) is 4.90 Å². The average Bonchev–Trinajstić information content (AvgIpc) is 2.64. The molecule has 1 fully saturated rings. The molecule has 2 aromatic carbocycles. The zero-order valence-corrected chi connectivity index (χ0v) is 16.9. The molecule has 1 N–H and O–H groups in total. The Labute approximate surface area is 162 Å². The summed E-state index contributed by atoms with van der Waals surface area (Å²) < 4.78 is 28.7. The highest BCUT2D eigenvalue weighted by molar-refractivity contribution is 9.10. The Bertz CT molecular complexity index is 922. The van der Waals surface area contributed by atoms with E-state index in [1.54, 1.807) is 24.3 Å². The summed E-state index contributed by atoms with van der Waals surface area (Å²) in [5.74, 6) is -0.0971. The summed E-state index contributed by atoms with van der Waals surface area (Å²) in [5, 5.41) is 0. The summed E-state index contributed by atoms with van der Waals surface area (Å²) in [7, 11) is -3.79. The van der Waals surface area contributed by atoms with E-state index >= 15 is 0 Å². The largest absolute Gasteiger partial charge is 0.339 e. The highest BCUT2D eigenvalue weighted by atomic mass is 79.9. The van der Waals surface area contributed by atoms with Gasteiger partial charge in [0, 0.05) is 23.1 Å². The van der Waals surface area contributed by atoms with Gasteiger partial charge in [-0.1, -0.05) is 18.2 Å². The fourth-order valence-corrected chi connectivity index (χ4v) is 4.63. The zero-order chi connectivity index (χ0) is 18.7. The number of nitrogens with one attached hydrogen (secondary N) is 1. The van der Waals surface area contributed by atoms with Crippen LogP contribution in [0.2, 0.25) is 0 Å². The van der Waals surface area contributed by atoms with Crippen molar-refractivity contribution >= 4 is 37.5 Å². The van der Waals surface area contributed by atoms with Crippen LogP contribution in [0.15, 0.2) is 51.8 Å². The Balaban J connectivity index is 1.91. The second-order valence-corrected chi connectivity index (χ2v) is 8.95. The summed E-state index contributed by atoms with van der Waals surface area (Å²) >= 11 is 3.34. The van der Waals surface area contributed by atoms with Gasteiger partial charge < -0.3 is 4.90 Å². The Kier molecular flexibility index (Phi) is 5.67. The number of likely N-dealkylation sites (tertiary alicyclic amines) is 1. The molecule has 1 aliphatic heterocycles. The summed E-state index contributed by atoms with van der Waals surface area (Å²) in [6, 6.07) is 11.7. The number of nitrogens with zero attached hydrogens (tertiary/aromatic N) is 1. The number of rotatable bonds is 4. The van der Waals surface area contributed by atoms with Gasteiger partial charge in [-0.15, -0.1) is 0 Å². The topological polar surface area (TPSA) is 66.5 Å². The van der Waals surface area contributed by atoms with Crippen LogP contribution in [0.25, 0.3) is 0 Å². The number of anilines is 1. The van der Waals surface area contributed by atoms with Crippen LogP contribution in [0, 0.1) is 6.92 Å². The van der Waals surface area contributed by atoms with Gasteiger partial charge in [-0.3, -0.25) is 9.52 Å². The lowest BCUT2D eigenvalue weighted by molar-refractivity contribution is 0.0723. The summed E-state index contributed by atoms with van der Waals surface area (Å²) in [6.07, 6.45) is 3.12. The Morgan fingerprint density at radius 1 is 1.08 bits per heavy atom. The van der Waals surface area contributed by atoms with E-state index in [0.717, 1.165) is 37.9 Å². The molecule has 0 spiro atoms. The van der Waals surface area contributed by atoms with Crippen molar-refractivity contribution in [3.8, 4) is 0 Å². The minimum atomic E-state index is -3.79. The van der Waals surface area contributed by atoms with E-state index < -0.39 is 10.0 Å². The second-order valence-electron chi connectivity index (χ2n) is 6.41. The molecule has 0 unspecified atom stereocenters. The Morgan fingerprint density at radius 3 is 2.46 bits per heavy atom. The van der Waals surface area contributed by atoms with Crippen molar-refractivity contribution in [3.05, 3.63) is 58.1 Å². The second kappa shape index (κ2) is 7.80. The molecule has 0 saturated carbocycles. The van der Waals surface area contributed by atoms with Crippen molar-refractivity contribution in [1.29, 1.82) is 0 Å². The number of hydrogen-bond donors (Lipinski definition) is 1. The van der Waals surface area contributed by atoms with Gasteiger partial charge in [-0.2, -0.15) is 0 Å². The quantitative estimate of drug-likeness (QED) is 0.781. The number of halogens is 1. The van der Waals surface area contributed by atoms with Crippen LogP contribution >= 0.6 is 15.9 Å². The van der Waals surface area contributed by atoms with E-state index in [-0.39, 0.29) is 10.8 Å². The summed E-state index contributed by atoms with van der Waals surface area (Å²) in [4.78, 5) is 14.7. The number of amides is 1. The third-order valence-corrected chi connectivity index (χ3v) is 6.57. The monoisotopic (exact) mass is 436 g/mol. The molecule has 1 aliphatic rings. The van der Waals surface area contributed by atoms with Crippen LogP contribution < -0.4 is 4.72 Å². The lowest BCUT2D eigenvalue weighted by atomic mass is 10.1. The Hall–Kier alpha value is -1.86. The summed E-state index contributed by atoms with van der Waals surface area (Å²) in [6.45, 7) is 3.28. The van der Waals surface area contributed by atoms with E-state index in [2.05, 4.69) is 20.7 Å².